The van der Waals surface area contributed by atoms with Crippen LogP contribution < -0.4 is 10.1 Å². The molecule has 0 spiro atoms. The molecule has 0 aromatic heterocycles. The number of ether oxygens (including phenoxy) is 1. The van der Waals surface area contributed by atoms with Crippen molar-refractivity contribution < 1.29 is 9.53 Å². The maximum Gasteiger partial charge on any atom is 0.417 e. The van der Waals surface area contributed by atoms with Gasteiger partial charge in [-0.1, -0.05) is 29.3 Å². The summed E-state index contributed by atoms with van der Waals surface area (Å²) in [5.41, 5.74) is 3.59. The molecule has 0 radical (unpaired) electrons. The van der Waals surface area contributed by atoms with E-state index in [0.29, 0.717) is 16.5 Å². The number of halogens is 1. The third-order valence-corrected chi connectivity index (χ3v) is 3.51. The number of rotatable bonds is 2. The number of benzene rings is 2. The van der Waals surface area contributed by atoms with E-state index in [-0.39, 0.29) is 0 Å². The zero-order chi connectivity index (χ0) is 14.7. The van der Waals surface area contributed by atoms with Gasteiger partial charge in [0.1, 0.15) is 5.75 Å². The second-order valence-electron chi connectivity index (χ2n) is 4.75. The van der Waals surface area contributed by atoms with Crippen molar-refractivity contribution in [1.82, 2.24) is 0 Å². The van der Waals surface area contributed by atoms with E-state index in [1.54, 1.807) is 12.1 Å². The largest absolute Gasteiger partial charge is 0.417 e. The van der Waals surface area contributed by atoms with Gasteiger partial charge < -0.3 is 4.74 Å². The minimum absolute atomic E-state index is 0.481. The van der Waals surface area contributed by atoms with E-state index in [1.807, 2.05) is 45.0 Å². The monoisotopic (exact) mass is 289 g/mol. The van der Waals surface area contributed by atoms with Crippen molar-refractivity contribution in [2.24, 2.45) is 0 Å². The first kappa shape index (κ1) is 14.4. The normalized spacial score (nSPS) is 10.2. The molecular formula is C16H16ClNO2. The lowest BCUT2D eigenvalue weighted by molar-refractivity contribution is 0.215. The molecule has 4 heteroatoms. The Morgan fingerprint density at radius 2 is 1.60 bits per heavy atom. The molecule has 0 unspecified atom stereocenters. The van der Waals surface area contributed by atoms with Crippen molar-refractivity contribution >= 4 is 23.4 Å². The van der Waals surface area contributed by atoms with Crippen LogP contribution in [-0.2, 0) is 0 Å². The number of hydrogen-bond acceptors (Lipinski definition) is 2. The summed E-state index contributed by atoms with van der Waals surface area (Å²) in [4.78, 5) is 11.8. The predicted octanol–water partition coefficient (Wildman–Crippen LogP) is 4.88. The number of amides is 1. The smallest absolute Gasteiger partial charge is 0.410 e. The summed E-state index contributed by atoms with van der Waals surface area (Å²) in [6.45, 7) is 5.74. The Kier molecular flexibility index (Phi) is 4.30. The fraction of sp³-hybridized carbons (Fsp3) is 0.188. The zero-order valence-electron chi connectivity index (χ0n) is 11.7. The lowest BCUT2D eigenvalue weighted by Gasteiger charge is -2.09. The Bertz CT molecular complexity index is 612. The summed E-state index contributed by atoms with van der Waals surface area (Å²) in [7, 11) is 0. The lowest BCUT2D eigenvalue weighted by atomic mass is 10.1. The van der Waals surface area contributed by atoms with Crippen LogP contribution >= 0.6 is 11.6 Å². The highest BCUT2D eigenvalue weighted by Crippen LogP contribution is 2.26. The van der Waals surface area contributed by atoms with Crippen molar-refractivity contribution in [3.05, 3.63) is 58.1 Å². The first-order chi connectivity index (χ1) is 9.45. The molecule has 0 aliphatic carbocycles. The summed E-state index contributed by atoms with van der Waals surface area (Å²) in [5, 5.41) is 3.37. The molecule has 0 atom stereocenters. The van der Waals surface area contributed by atoms with Crippen LogP contribution in [0.15, 0.2) is 36.4 Å². The van der Waals surface area contributed by atoms with E-state index in [4.69, 9.17) is 16.3 Å². The Hall–Kier alpha value is -2.00. The Morgan fingerprint density at radius 1 is 1.05 bits per heavy atom. The molecule has 0 saturated heterocycles. The SMILES string of the molecule is Cc1ccc(NC(=O)Oc2cc(C)c(Cl)c(C)c2)cc1. The van der Waals surface area contributed by atoms with Crippen LogP contribution in [-0.4, -0.2) is 6.09 Å². The van der Waals surface area contributed by atoms with Gasteiger partial charge in [0.15, 0.2) is 0 Å². The van der Waals surface area contributed by atoms with Gasteiger partial charge in [-0.15, -0.1) is 0 Å². The van der Waals surface area contributed by atoms with Gasteiger partial charge in [-0.3, -0.25) is 5.32 Å². The van der Waals surface area contributed by atoms with Crippen LogP contribution in [0, 0.1) is 20.8 Å². The molecule has 1 amide bonds. The molecule has 0 aliphatic heterocycles. The van der Waals surface area contributed by atoms with Crippen LogP contribution in [0.5, 0.6) is 5.75 Å². The minimum Gasteiger partial charge on any atom is -0.410 e. The minimum atomic E-state index is -0.519. The molecule has 0 aliphatic rings. The van der Waals surface area contributed by atoms with Crippen molar-refractivity contribution in [3.8, 4) is 5.75 Å². The highest BCUT2D eigenvalue weighted by Gasteiger charge is 2.08. The van der Waals surface area contributed by atoms with E-state index >= 15 is 0 Å². The highest BCUT2D eigenvalue weighted by molar-refractivity contribution is 6.32. The molecular weight excluding hydrogens is 274 g/mol. The average molecular weight is 290 g/mol. The fourth-order valence-electron chi connectivity index (χ4n) is 1.85. The molecule has 0 heterocycles. The number of carbonyl (C=O) groups is 1. The maximum absolute atomic E-state index is 11.8. The van der Waals surface area contributed by atoms with E-state index in [0.717, 1.165) is 16.7 Å². The van der Waals surface area contributed by atoms with Crippen LogP contribution in [0.25, 0.3) is 0 Å². The molecule has 1 N–H and O–H groups in total. The molecule has 3 nitrogen and oxygen atoms in total. The third kappa shape index (κ3) is 3.52. The molecule has 0 saturated carbocycles. The molecule has 104 valence electrons. The highest BCUT2D eigenvalue weighted by atomic mass is 35.5. The number of hydrogen-bond donors (Lipinski definition) is 1. The summed E-state index contributed by atoms with van der Waals surface area (Å²) >= 11 is 6.07. The summed E-state index contributed by atoms with van der Waals surface area (Å²) < 4.78 is 5.26. The van der Waals surface area contributed by atoms with Gasteiger partial charge in [-0.2, -0.15) is 0 Å². The standard InChI is InChI=1S/C16H16ClNO2/c1-10-4-6-13(7-5-10)18-16(19)20-14-8-11(2)15(17)12(3)9-14/h4-9H,1-3H3,(H,18,19). The molecule has 0 fully saturated rings. The average Bonchev–Trinajstić information content (AvgIpc) is 2.38. The zero-order valence-corrected chi connectivity index (χ0v) is 12.4. The fourth-order valence-corrected chi connectivity index (χ4v) is 1.96. The van der Waals surface area contributed by atoms with Crippen molar-refractivity contribution in [2.45, 2.75) is 20.8 Å². The summed E-state index contributed by atoms with van der Waals surface area (Å²) in [6, 6.07) is 11.0. The van der Waals surface area contributed by atoms with Crippen molar-refractivity contribution in [1.29, 1.82) is 0 Å². The number of carbonyl (C=O) groups excluding carboxylic acids is 1. The number of aryl methyl sites for hydroxylation is 3. The first-order valence-corrected chi connectivity index (χ1v) is 6.66. The molecule has 20 heavy (non-hydrogen) atoms. The molecule has 2 aromatic rings. The van der Waals surface area contributed by atoms with Crippen LogP contribution in [0.4, 0.5) is 10.5 Å². The number of anilines is 1. The van der Waals surface area contributed by atoms with Gasteiger partial charge in [-0.05, 0) is 56.2 Å². The van der Waals surface area contributed by atoms with Crippen molar-refractivity contribution in [2.75, 3.05) is 5.32 Å². The molecule has 2 aromatic carbocycles. The summed E-state index contributed by atoms with van der Waals surface area (Å²) in [6.07, 6.45) is -0.519. The maximum atomic E-state index is 11.8. The quantitative estimate of drug-likeness (QED) is 0.856. The first-order valence-electron chi connectivity index (χ1n) is 6.28. The third-order valence-electron chi connectivity index (χ3n) is 2.92. The van der Waals surface area contributed by atoms with Gasteiger partial charge in [0, 0.05) is 10.7 Å². The van der Waals surface area contributed by atoms with Crippen LogP contribution in [0.2, 0.25) is 5.02 Å². The van der Waals surface area contributed by atoms with Gasteiger partial charge in [0.25, 0.3) is 0 Å². The van der Waals surface area contributed by atoms with Crippen LogP contribution in [0.1, 0.15) is 16.7 Å². The Balaban J connectivity index is 2.06. The van der Waals surface area contributed by atoms with Gasteiger partial charge >= 0.3 is 6.09 Å². The Labute approximate surface area is 123 Å². The van der Waals surface area contributed by atoms with E-state index in [9.17, 15) is 4.79 Å². The van der Waals surface area contributed by atoms with Gasteiger partial charge in [0.2, 0.25) is 0 Å². The van der Waals surface area contributed by atoms with Crippen molar-refractivity contribution in [3.63, 3.8) is 0 Å². The second kappa shape index (κ2) is 5.97. The van der Waals surface area contributed by atoms with E-state index in [2.05, 4.69) is 5.32 Å². The lowest BCUT2D eigenvalue weighted by Crippen LogP contribution is -2.16. The summed E-state index contributed by atoms with van der Waals surface area (Å²) in [5.74, 6) is 0.481. The molecule has 2 rings (SSSR count). The van der Waals surface area contributed by atoms with Gasteiger partial charge in [0.05, 0.1) is 0 Å². The topological polar surface area (TPSA) is 38.3 Å². The van der Waals surface area contributed by atoms with E-state index < -0.39 is 6.09 Å². The van der Waals surface area contributed by atoms with Gasteiger partial charge in [-0.25, -0.2) is 4.79 Å². The predicted molar refractivity (Wildman–Crippen MR) is 81.8 cm³/mol. The van der Waals surface area contributed by atoms with E-state index in [1.165, 1.54) is 0 Å². The number of nitrogens with one attached hydrogen (secondary N) is 1. The van der Waals surface area contributed by atoms with Crippen LogP contribution in [0.3, 0.4) is 0 Å². The second-order valence-corrected chi connectivity index (χ2v) is 5.13. The molecule has 0 bridgehead atoms. The Morgan fingerprint density at radius 3 is 2.15 bits per heavy atom.